The Morgan fingerprint density at radius 1 is 1.35 bits per heavy atom. The largest absolute Gasteiger partial charge is 0.331 e. The van der Waals surface area contributed by atoms with Crippen LogP contribution >= 0.6 is 0 Å². The maximum absolute atomic E-state index is 4.38. The van der Waals surface area contributed by atoms with E-state index in [1.165, 1.54) is 5.56 Å². The first-order valence-electron chi connectivity index (χ1n) is 5.91. The molecule has 0 fully saturated rings. The molecule has 2 aromatic heterocycles. The SMILES string of the molecule is CCNCc1cn(Cc2ncccc2C)cn1. The van der Waals surface area contributed by atoms with Crippen molar-refractivity contribution in [1.82, 2.24) is 19.9 Å². The molecule has 0 bridgehead atoms. The Morgan fingerprint density at radius 2 is 2.24 bits per heavy atom. The van der Waals surface area contributed by atoms with Crippen molar-refractivity contribution in [1.29, 1.82) is 0 Å². The van der Waals surface area contributed by atoms with Gasteiger partial charge in [-0.15, -0.1) is 0 Å². The Hall–Kier alpha value is -1.68. The summed E-state index contributed by atoms with van der Waals surface area (Å²) in [5.74, 6) is 0. The van der Waals surface area contributed by atoms with Gasteiger partial charge >= 0.3 is 0 Å². The average molecular weight is 230 g/mol. The van der Waals surface area contributed by atoms with Crippen molar-refractivity contribution in [3.63, 3.8) is 0 Å². The monoisotopic (exact) mass is 230 g/mol. The van der Waals surface area contributed by atoms with Gasteiger partial charge in [-0.2, -0.15) is 0 Å². The molecular weight excluding hydrogens is 212 g/mol. The molecule has 0 radical (unpaired) electrons. The normalized spacial score (nSPS) is 10.7. The molecule has 4 nitrogen and oxygen atoms in total. The second kappa shape index (κ2) is 5.59. The fourth-order valence-electron chi connectivity index (χ4n) is 1.69. The van der Waals surface area contributed by atoms with Gasteiger partial charge < -0.3 is 9.88 Å². The van der Waals surface area contributed by atoms with Crippen molar-refractivity contribution in [3.05, 3.63) is 47.8 Å². The van der Waals surface area contributed by atoms with Gasteiger partial charge in [0.05, 0.1) is 24.3 Å². The van der Waals surface area contributed by atoms with Gasteiger partial charge in [0.2, 0.25) is 0 Å². The van der Waals surface area contributed by atoms with E-state index in [1.807, 2.05) is 18.6 Å². The van der Waals surface area contributed by atoms with E-state index in [0.29, 0.717) is 0 Å². The Balaban J connectivity index is 2.04. The highest BCUT2D eigenvalue weighted by molar-refractivity contribution is 5.18. The van der Waals surface area contributed by atoms with E-state index in [4.69, 9.17) is 0 Å². The minimum atomic E-state index is 0.784. The summed E-state index contributed by atoms with van der Waals surface area (Å²) in [4.78, 5) is 8.73. The molecule has 0 aliphatic rings. The van der Waals surface area contributed by atoms with Crippen LogP contribution in [0.25, 0.3) is 0 Å². The topological polar surface area (TPSA) is 42.7 Å². The zero-order chi connectivity index (χ0) is 12.1. The Bertz CT molecular complexity index is 476. The predicted octanol–water partition coefficient (Wildman–Crippen LogP) is 1.74. The van der Waals surface area contributed by atoms with Crippen LogP contribution in [-0.2, 0) is 13.1 Å². The number of nitrogens with zero attached hydrogens (tertiary/aromatic N) is 3. The van der Waals surface area contributed by atoms with Crippen LogP contribution in [0, 0.1) is 6.92 Å². The molecule has 0 saturated carbocycles. The molecule has 2 rings (SSSR count). The lowest BCUT2D eigenvalue weighted by Gasteiger charge is -2.04. The van der Waals surface area contributed by atoms with Crippen molar-refractivity contribution >= 4 is 0 Å². The van der Waals surface area contributed by atoms with Gasteiger partial charge in [0.15, 0.2) is 0 Å². The number of hydrogen-bond donors (Lipinski definition) is 1. The molecule has 0 spiro atoms. The number of imidazole rings is 1. The van der Waals surface area contributed by atoms with Crippen molar-refractivity contribution < 1.29 is 0 Å². The zero-order valence-corrected chi connectivity index (χ0v) is 10.3. The van der Waals surface area contributed by atoms with Crippen molar-refractivity contribution in [2.24, 2.45) is 0 Å². The molecule has 2 heterocycles. The minimum absolute atomic E-state index is 0.784. The van der Waals surface area contributed by atoms with E-state index in [2.05, 4.69) is 46.0 Å². The van der Waals surface area contributed by atoms with E-state index in [9.17, 15) is 0 Å². The van der Waals surface area contributed by atoms with Crippen LogP contribution in [0.15, 0.2) is 30.9 Å². The van der Waals surface area contributed by atoms with Gasteiger partial charge in [0, 0.05) is 18.9 Å². The maximum atomic E-state index is 4.38. The Morgan fingerprint density at radius 3 is 3.00 bits per heavy atom. The average Bonchev–Trinajstić information content (AvgIpc) is 2.77. The highest BCUT2D eigenvalue weighted by Crippen LogP contribution is 2.06. The minimum Gasteiger partial charge on any atom is -0.331 e. The molecule has 4 heteroatoms. The van der Waals surface area contributed by atoms with Crippen LogP contribution in [-0.4, -0.2) is 21.1 Å². The number of aromatic nitrogens is 3. The first-order chi connectivity index (χ1) is 8.29. The van der Waals surface area contributed by atoms with Gasteiger partial charge in [-0.1, -0.05) is 13.0 Å². The smallest absolute Gasteiger partial charge is 0.0953 e. The van der Waals surface area contributed by atoms with E-state index >= 15 is 0 Å². The second-order valence-corrected chi connectivity index (χ2v) is 4.08. The Labute approximate surface area is 102 Å². The van der Waals surface area contributed by atoms with Crippen LogP contribution in [0.3, 0.4) is 0 Å². The van der Waals surface area contributed by atoms with Crippen molar-refractivity contribution in [3.8, 4) is 0 Å². The van der Waals surface area contributed by atoms with E-state index in [-0.39, 0.29) is 0 Å². The summed E-state index contributed by atoms with van der Waals surface area (Å²) >= 11 is 0. The zero-order valence-electron chi connectivity index (χ0n) is 10.3. The summed E-state index contributed by atoms with van der Waals surface area (Å²) in [6, 6.07) is 4.04. The fraction of sp³-hybridized carbons (Fsp3) is 0.385. The molecule has 0 aromatic carbocycles. The molecule has 90 valence electrons. The Kier molecular flexibility index (Phi) is 3.88. The van der Waals surface area contributed by atoms with Gasteiger partial charge in [-0.25, -0.2) is 4.98 Å². The first-order valence-corrected chi connectivity index (χ1v) is 5.91. The molecule has 2 aromatic rings. The quantitative estimate of drug-likeness (QED) is 0.851. The predicted molar refractivity (Wildman–Crippen MR) is 67.7 cm³/mol. The molecular formula is C13H18N4. The fourth-order valence-corrected chi connectivity index (χ4v) is 1.69. The number of nitrogens with one attached hydrogen (secondary N) is 1. The highest BCUT2D eigenvalue weighted by atomic mass is 15.1. The van der Waals surface area contributed by atoms with Gasteiger partial charge in [-0.05, 0) is 25.1 Å². The van der Waals surface area contributed by atoms with E-state index < -0.39 is 0 Å². The van der Waals surface area contributed by atoms with Crippen LogP contribution in [0.1, 0.15) is 23.9 Å². The van der Waals surface area contributed by atoms with Crippen LogP contribution in [0.4, 0.5) is 0 Å². The van der Waals surface area contributed by atoms with Crippen LogP contribution in [0.2, 0.25) is 0 Å². The molecule has 0 amide bonds. The highest BCUT2D eigenvalue weighted by Gasteiger charge is 2.02. The van der Waals surface area contributed by atoms with Crippen LogP contribution < -0.4 is 5.32 Å². The van der Waals surface area contributed by atoms with Gasteiger partial charge in [-0.3, -0.25) is 4.98 Å². The van der Waals surface area contributed by atoms with Gasteiger partial charge in [0.25, 0.3) is 0 Å². The third-order valence-corrected chi connectivity index (χ3v) is 2.69. The lowest BCUT2D eigenvalue weighted by Crippen LogP contribution is -2.11. The molecule has 0 aliphatic heterocycles. The number of hydrogen-bond acceptors (Lipinski definition) is 3. The van der Waals surface area contributed by atoms with E-state index in [1.54, 1.807) is 0 Å². The summed E-state index contributed by atoms with van der Waals surface area (Å²) in [6.07, 6.45) is 5.76. The second-order valence-electron chi connectivity index (χ2n) is 4.08. The summed E-state index contributed by atoms with van der Waals surface area (Å²) in [7, 11) is 0. The first kappa shape index (κ1) is 11.8. The third-order valence-electron chi connectivity index (χ3n) is 2.69. The standard InChI is InChI=1S/C13H18N4/c1-3-14-7-12-8-17(10-16-12)9-13-11(2)5-4-6-15-13/h4-6,8,10,14H,3,7,9H2,1-2H3. The molecule has 0 unspecified atom stereocenters. The number of aryl methyl sites for hydroxylation is 1. The summed E-state index contributed by atoms with van der Waals surface area (Å²) < 4.78 is 2.07. The van der Waals surface area contributed by atoms with Crippen molar-refractivity contribution in [2.45, 2.75) is 26.9 Å². The molecule has 0 saturated heterocycles. The van der Waals surface area contributed by atoms with Gasteiger partial charge in [0.1, 0.15) is 0 Å². The maximum Gasteiger partial charge on any atom is 0.0953 e. The summed E-state index contributed by atoms with van der Waals surface area (Å²) in [6.45, 7) is 6.75. The van der Waals surface area contributed by atoms with E-state index in [0.717, 1.165) is 31.0 Å². The molecule has 0 atom stereocenters. The third kappa shape index (κ3) is 3.14. The summed E-state index contributed by atoms with van der Waals surface area (Å²) in [5, 5.41) is 3.26. The molecule has 0 aliphatic carbocycles. The molecule has 17 heavy (non-hydrogen) atoms. The number of rotatable bonds is 5. The molecule has 1 N–H and O–H groups in total. The lowest BCUT2D eigenvalue weighted by atomic mass is 10.2. The van der Waals surface area contributed by atoms with Crippen LogP contribution in [0.5, 0.6) is 0 Å². The number of pyridine rings is 1. The summed E-state index contributed by atoms with van der Waals surface area (Å²) in [5.41, 5.74) is 3.38. The van der Waals surface area contributed by atoms with Crippen molar-refractivity contribution in [2.75, 3.05) is 6.54 Å². The lowest BCUT2D eigenvalue weighted by molar-refractivity contribution is 0.711.